The van der Waals surface area contributed by atoms with Crippen LogP contribution in [0.15, 0.2) is 48.5 Å². The van der Waals surface area contributed by atoms with Crippen molar-refractivity contribution in [1.29, 1.82) is 0 Å². The molecule has 144 valence electrons. The first-order valence-corrected chi connectivity index (χ1v) is 8.95. The van der Waals surface area contributed by atoms with Crippen LogP contribution in [-0.2, 0) is 11.3 Å². The van der Waals surface area contributed by atoms with Gasteiger partial charge >= 0.3 is 0 Å². The first-order chi connectivity index (χ1) is 12.9. The summed E-state index contributed by atoms with van der Waals surface area (Å²) in [7, 11) is 5.60. The minimum absolute atomic E-state index is 0.0632. The molecule has 5 nitrogen and oxygen atoms in total. The minimum atomic E-state index is -0.178. The van der Waals surface area contributed by atoms with Gasteiger partial charge in [-0.15, -0.1) is 0 Å². The molecule has 0 aliphatic carbocycles. The van der Waals surface area contributed by atoms with Gasteiger partial charge in [0.2, 0.25) is 5.91 Å². The maximum atomic E-state index is 12.3. The molecule has 5 heteroatoms. The molecule has 0 aliphatic heterocycles. The lowest BCUT2D eigenvalue weighted by atomic mass is 10.1. The normalized spacial score (nSPS) is 11.2. The molecule has 2 aromatic rings. The lowest BCUT2D eigenvalue weighted by molar-refractivity contribution is -0.111. The molecule has 1 N–H and O–H groups in total. The third-order valence-corrected chi connectivity index (χ3v) is 3.74. The zero-order valence-electron chi connectivity index (χ0n) is 16.7. The van der Waals surface area contributed by atoms with E-state index in [9.17, 15) is 4.79 Å². The van der Waals surface area contributed by atoms with Crippen molar-refractivity contribution in [2.75, 3.05) is 26.5 Å². The zero-order valence-corrected chi connectivity index (χ0v) is 16.7. The van der Waals surface area contributed by atoms with Gasteiger partial charge in [-0.25, -0.2) is 0 Å². The molecule has 0 heterocycles. The minimum Gasteiger partial charge on any atom is -0.493 e. The number of para-hydroxylation sites is 1. The third-order valence-electron chi connectivity index (χ3n) is 3.74. The second kappa shape index (κ2) is 9.78. The largest absolute Gasteiger partial charge is 0.493 e. The Labute approximate surface area is 161 Å². The molecule has 2 aromatic carbocycles. The number of anilines is 1. The summed E-state index contributed by atoms with van der Waals surface area (Å²) in [6, 6.07) is 13.4. The molecule has 0 atom stereocenters. The van der Waals surface area contributed by atoms with Gasteiger partial charge in [0.15, 0.2) is 11.5 Å². The van der Waals surface area contributed by atoms with Crippen LogP contribution >= 0.6 is 0 Å². The molecular formula is C22H28N2O3. The quantitative estimate of drug-likeness (QED) is 0.710. The third kappa shape index (κ3) is 6.46. The number of methoxy groups -OCH3 is 1. The van der Waals surface area contributed by atoms with E-state index in [-0.39, 0.29) is 12.0 Å². The maximum absolute atomic E-state index is 12.3. The van der Waals surface area contributed by atoms with E-state index in [0.29, 0.717) is 11.5 Å². The number of carbonyl (C=O) groups is 1. The highest BCUT2D eigenvalue weighted by atomic mass is 16.5. The molecular weight excluding hydrogens is 340 g/mol. The summed E-state index contributed by atoms with van der Waals surface area (Å²) in [6.45, 7) is 4.69. The first-order valence-electron chi connectivity index (χ1n) is 8.95. The number of rotatable bonds is 8. The Balaban J connectivity index is 2.09. The Kier molecular flexibility index (Phi) is 7.44. The number of benzene rings is 2. The zero-order chi connectivity index (χ0) is 19.8. The van der Waals surface area contributed by atoms with E-state index in [4.69, 9.17) is 9.47 Å². The molecule has 0 aromatic heterocycles. The average molecular weight is 368 g/mol. The van der Waals surface area contributed by atoms with Crippen molar-refractivity contribution in [2.24, 2.45) is 0 Å². The summed E-state index contributed by atoms with van der Waals surface area (Å²) < 4.78 is 11.1. The van der Waals surface area contributed by atoms with Crippen LogP contribution in [0.4, 0.5) is 5.69 Å². The van der Waals surface area contributed by atoms with E-state index < -0.39 is 0 Å². The van der Waals surface area contributed by atoms with Gasteiger partial charge in [-0.3, -0.25) is 4.79 Å². The van der Waals surface area contributed by atoms with Gasteiger partial charge in [-0.2, -0.15) is 0 Å². The van der Waals surface area contributed by atoms with E-state index in [1.54, 1.807) is 13.2 Å². The molecule has 0 radical (unpaired) electrons. The summed E-state index contributed by atoms with van der Waals surface area (Å²) >= 11 is 0. The van der Waals surface area contributed by atoms with Crippen molar-refractivity contribution in [3.63, 3.8) is 0 Å². The number of nitrogens with zero attached hydrogens (tertiary/aromatic N) is 1. The fourth-order valence-electron chi connectivity index (χ4n) is 2.61. The van der Waals surface area contributed by atoms with Crippen molar-refractivity contribution >= 4 is 17.7 Å². The summed E-state index contributed by atoms with van der Waals surface area (Å²) in [4.78, 5) is 14.4. The van der Waals surface area contributed by atoms with E-state index >= 15 is 0 Å². The Morgan fingerprint density at radius 1 is 1.15 bits per heavy atom. The van der Waals surface area contributed by atoms with E-state index in [1.165, 1.54) is 6.08 Å². The van der Waals surface area contributed by atoms with Gasteiger partial charge in [0.05, 0.1) is 13.2 Å². The monoisotopic (exact) mass is 368 g/mol. The van der Waals surface area contributed by atoms with Gasteiger partial charge in [0.25, 0.3) is 0 Å². The molecule has 0 spiro atoms. The number of ether oxygens (including phenoxy) is 2. The predicted octanol–water partition coefficient (Wildman–Crippen LogP) is 4.20. The molecule has 0 unspecified atom stereocenters. The predicted molar refractivity (Wildman–Crippen MR) is 110 cm³/mol. The summed E-state index contributed by atoms with van der Waals surface area (Å²) in [5, 5.41) is 2.94. The Hall–Kier alpha value is -2.79. The molecule has 0 saturated carbocycles. The maximum Gasteiger partial charge on any atom is 0.248 e. The van der Waals surface area contributed by atoms with Crippen LogP contribution < -0.4 is 14.8 Å². The molecule has 0 aliphatic rings. The number of hydrogen-bond acceptors (Lipinski definition) is 4. The van der Waals surface area contributed by atoms with Crippen molar-refractivity contribution in [1.82, 2.24) is 4.90 Å². The fraction of sp³-hybridized carbons (Fsp3) is 0.318. The summed E-state index contributed by atoms with van der Waals surface area (Å²) in [5.74, 6) is 1.15. The van der Waals surface area contributed by atoms with Crippen molar-refractivity contribution in [3.8, 4) is 11.5 Å². The van der Waals surface area contributed by atoms with Gasteiger partial charge < -0.3 is 19.7 Å². The van der Waals surface area contributed by atoms with Crippen LogP contribution in [0.5, 0.6) is 11.5 Å². The molecule has 0 bridgehead atoms. The standard InChI is InChI=1S/C22H28N2O3/c1-16(2)27-20-12-10-17(14-21(20)26-5)11-13-22(25)23-19-9-7-6-8-18(19)15-24(3)4/h6-14,16H,15H2,1-5H3,(H,23,25)/b13-11+. The van der Waals surface area contributed by atoms with E-state index in [0.717, 1.165) is 23.4 Å². The molecule has 0 fully saturated rings. The Morgan fingerprint density at radius 3 is 2.56 bits per heavy atom. The van der Waals surface area contributed by atoms with E-state index in [2.05, 4.69) is 10.2 Å². The number of carbonyl (C=O) groups excluding carboxylic acids is 1. The molecule has 0 saturated heterocycles. The van der Waals surface area contributed by atoms with Crippen LogP contribution in [0.2, 0.25) is 0 Å². The molecule has 27 heavy (non-hydrogen) atoms. The van der Waals surface area contributed by atoms with Gasteiger partial charge in [-0.05, 0) is 63.3 Å². The van der Waals surface area contributed by atoms with Gasteiger partial charge in [0, 0.05) is 18.3 Å². The summed E-state index contributed by atoms with van der Waals surface area (Å²) in [6.07, 6.45) is 3.34. The topological polar surface area (TPSA) is 50.8 Å². The molecule has 1 amide bonds. The smallest absolute Gasteiger partial charge is 0.248 e. The average Bonchev–Trinajstić information content (AvgIpc) is 2.61. The molecule has 2 rings (SSSR count). The van der Waals surface area contributed by atoms with E-state index in [1.807, 2.05) is 70.4 Å². The van der Waals surface area contributed by atoms with Crippen LogP contribution in [0, 0.1) is 0 Å². The van der Waals surface area contributed by atoms with Gasteiger partial charge in [-0.1, -0.05) is 24.3 Å². The van der Waals surface area contributed by atoms with Crippen molar-refractivity contribution in [3.05, 3.63) is 59.7 Å². The first kappa shape index (κ1) is 20.5. The number of amides is 1. The van der Waals surface area contributed by atoms with Gasteiger partial charge in [0.1, 0.15) is 0 Å². The Bertz CT molecular complexity index is 798. The Morgan fingerprint density at radius 2 is 1.89 bits per heavy atom. The van der Waals surface area contributed by atoms with Crippen molar-refractivity contribution < 1.29 is 14.3 Å². The van der Waals surface area contributed by atoms with Crippen LogP contribution in [-0.4, -0.2) is 38.1 Å². The van der Waals surface area contributed by atoms with Crippen LogP contribution in [0.3, 0.4) is 0 Å². The number of nitrogens with one attached hydrogen (secondary N) is 1. The number of hydrogen-bond donors (Lipinski definition) is 1. The highest BCUT2D eigenvalue weighted by Gasteiger charge is 2.08. The SMILES string of the molecule is COc1cc(/C=C/C(=O)Nc2ccccc2CN(C)C)ccc1OC(C)C. The van der Waals surface area contributed by atoms with Crippen LogP contribution in [0.25, 0.3) is 6.08 Å². The fourth-order valence-corrected chi connectivity index (χ4v) is 2.61. The second-order valence-corrected chi connectivity index (χ2v) is 6.79. The highest BCUT2D eigenvalue weighted by molar-refractivity contribution is 6.02. The summed E-state index contributed by atoms with van der Waals surface area (Å²) in [5.41, 5.74) is 2.75. The lowest BCUT2D eigenvalue weighted by Crippen LogP contribution is -2.15. The lowest BCUT2D eigenvalue weighted by Gasteiger charge is -2.14. The second-order valence-electron chi connectivity index (χ2n) is 6.79. The highest BCUT2D eigenvalue weighted by Crippen LogP contribution is 2.29. The van der Waals surface area contributed by atoms with Crippen LogP contribution in [0.1, 0.15) is 25.0 Å². The van der Waals surface area contributed by atoms with Crippen molar-refractivity contribution in [2.45, 2.75) is 26.5 Å².